The second kappa shape index (κ2) is 6.22. The summed E-state index contributed by atoms with van der Waals surface area (Å²) < 4.78 is 5.21. The number of rotatable bonds is 4. The van der Waals surface area contributed by atoms with Crippen LogP contribution in [0.25, 0.3) is 0 Å². The summed E-state index contributed by atoms with van der Waals surface area (Å²) in [6, 6.07) is 0.205. The van der Waals surface area contributed by atoms with Crippen molar-refractivity contribution in [3.05, 3.63) is 0 Å². The number of aliphatic carboxylic acids is 1. The van der Waals surface area contributed by atoms with E-state index in [2.05, 4.69) is 5.32 Å². The van der Waals surface area contributed by atoms with E-state index in [4.69, 9.17) is 9.84 Å². The van der Waals surface area contributed by atoms with Crippen LogP contribution in [0.15, 0.2) is 0 Å². The number of carbonyl (C=O) groups is 1. The highest BCUT2D eigenvalue weighted by atomic mass is 35.5. The fourth-order valence-corrected chi connectivity index (χ4v) is 1.85. The van der Waals surface area contributed by atoms with Crippen molar-refractivity contribution in [3.8, 4) is 0 Å². The van der Waals surface area contributed by atoms with Gasteiger partial charge in [-0.3, -0.25) is 4.79 Å². The van der Waals surface area contributed by atoms with Gasteiger partial charge in [-0.15, -0.1) is 12.4 Å². The Hall–Kier alpha value is -0.320. The van der Waals surface area contributed by atoms with Gasteiger partial charge in [0.1, 0.15) is 0 Å². The van der Waals surface area contributed by atoms with Crippen LogP contribution in [0.2, 0.25) is 0 Å². The highest BCUT2D eigenvalue weighted by molar-refractivity contribution is 5.85. The maximum absolute atomic E-state index is 10.7. The third-order valence-corrected chi connectivity index (χ3v) is 2.65. The molecule has 0 saturated carbocycles. The molecule has 0 aromatic rings. The molecule has 1 fully saturated rings. The molecule has 84 valence electrons. The van der Waals surface area contributed by atoms with Gasteiger partial charge in [0.2, 0.25) is 0 Å². The van der Waals surface area contributed by atoms with E-state index in [0.717, 1.165) is 19.4 Å². The second-order valence-electron chi connectivity index (χ2n) is 3.53. The van der Waals surface area contributed by atoms with Gasteiger partial charge >= 0.3 is 5.97 Å². The van der Waals surface area contributed by atoms with Gasteiger partial charge in [-0.05, 0) is 26.3 Å². The Balaban J connectivity index is 0.00000169. The molecule has 3 atom stereocenters. The first-order valence-corrected chi connectivity index (χ1v) is 4.65. The third-order valence-electron chi connectivity index (χ3n) is 2.65. The van der Waals surface area contributed by atoms with Crippen LogP contribution in [-0.4, -0.2) is 36.9 Å². The van der Waals surface area contributed by atoms with Gasteiger partial charge in [0.25, 0.3) is 0 Å². The molecule has 4 nitrogen and oxygen atoms in total. The van der Waals surface area contributed by atoms with Crippen LogP contribution in [0, 0.1) is 5.92 Å². The zero-order chi connectivity index (χ0) is 9.84. The summed E-state index contributed by atoms with van der Waals surface area (Å²) in [5.74, 6) is -1.24. The first-order valence-electron chi connectivity index (χ1n) is 4.65. The van der Waals surface area contributed by atoms with E-state index in [1.165, 1.54) is 0 Å². The van der Waals surface area contributed by atoms with Gasteiger partial charge in [-0.2, -0.15) is 0 Å². The molecule has 0 amide bonds. The van der Waals surface area contributed by atoms with Crippen molar-refractivity contribution in [1.82, 2.24) is 5.32 Å². The molecule has 0 aliphatic carbocycles. The molecule has 1 rings (SSSR count). The average Bonchev–Trinajstić information content (AvgIpc) is 2.58. The molecule has 0 radical (unpaired) electrons. The fraction of sp³-hybridized carbons (Fsp3) is 0.889. The molecule has 0 spiro atoms. The van der Waals surface area contributed by atoms with E-state index < -0.39 is 11.9 Å². The van der Waals surface area contributed by atoms with Gasteiger partial charge in [0, 0.05) is 13.2 Å². The minimum Gasteiger partial charge on any atom is -0.481 e. The third kappa shape index (κ3) is 3.12. The van der Waals surface area contributed by atoms with Crippen LogP contribution < -0.4 is 5.32 Å². The number of methoxy groups -OCH3 is 1. The van der Waals surface area contributed by atoms with Gasteiger partial charge in [-0.1, -0.05) is 0 Å². The van der Waals surface area contributed by atoms with E-state index in [1.807, 2.05) is 0 Å². The van der Waals surface area contributed by atoms with Crippen molar-refractivity contribution in [3.63, 3.8) is 0 Å². The Morgan fingerprint density at radius 3 is 2.64 bits per heavy atom. The Morgan fingerprint density at radius 2 is 2.29 bits per heavy atom. The molecule has 0 aromatic carbocycles. The number of ether oxygens (including phenoxy) is 1. The van der Waals surface area contributed by atoms with Gasteiger partial charge < -0.3 is 15.2 Å². The Kier molecular flexibility index (Phi) is 6.08. The lowest BCUT2D eigenvalue weighted by Crippen LogP contribution is -2.43. The molecule has 0 bridgehead atoms. The predicted molar refractivity (Wildman–Crippen MR) is 55.9 cm³/mol. The molecule has 14 heavy (non-hydrogen) atoms. The average molecular weight is 224 g/mol. The highest BCUT2D eigenvalue weighted by Gasteiger charge is 2.32. The Labute approximate surface area is 90.4 Å². The highest BCUT2D eigenvalue weighted by Crippen LogP contribution is 2.18. The number of hydrogen-bond acceptors (Lipinski definition) is 3. The molecule has 2 N–H and O–H groups in total. The van der Waals surface area contributed by atoms with Crippen LogP contribution in [-0.2, 0) is 9.53 Å². The van der Waals surface area contributed by atoms with Gasteiger partial charge in [-0.25, -0.2) is 0 Å². The SMILES string of the molecule is CO[C@@H]([C@@H]1CCCN1)[C@H](C)C(=O)O.Cl. The van der Waals surface area contributed by atoms with Crippen LogP contribution >= 0.6 is 12.4 Å². The first-order chi connectivity index (χ1) is 6.16. The van der Waals surface area contributed by atoms with Crippen LogP contribution in [0.4, 0.5) is 0 Å². The molecule has 1 aliphatic rings. The molecular weight excluding hydrogens is 206 g/mol. The lowest BCUT2D eigenvalue weighted by atomic mass is 9.97. The summed E-state index contributed by atoms with van der Waals surface area (Å²) in [7, 11) is 1.57. The molecule has 1 aliphatic heterocycles. The molecular formula is C9H18ClNO3. The standard InChI is InChI=1S/C9H17NO3.ClH/c1-6(9(11)12)8(13-2)7-4-3-5-10-7;/h6-8,10H,3-5H2,1-2H3,(H,11,12);1H/t6-,7-,8+;/m0./s1. The minimum absolute atomic E-state index is 0. The van der Waals surface area contributed by atoms with Gasteiger partial charge in [0.05, 0.1) is 12.0 Å². The van der Waals surface area contributed by atoms with Crippen molar-refractivity contribution in [2.45, 2.75) is 31.9 Å². The summed E-state index contributed by atoms with van der Waals surface area (Å²) >= 11 is 0. The topological polar surface area (TPSA) is 58.6 Å². The molecule has 1 heterocycles. The monoisotopic (exact) mass is 223 g/mol. The molecule has 5 heteroatoms. The number of carboxylic acids is 1. The second-order valence-corrected chi connectivity index (χ2v) is 3.53. The lowest BCUT2D eigenvalue weighted by Gasteiger charge is -2.25. The van der Waals surface area contributed by atoms with Crippen molar-refractivity contribution in [2.75, 3.05) is 13.7 Å². The maximum Gasteiger partial charge on any atom is 0.308 e. The minimum atomic E-state index is -0.791. The molecule has 0 unspecified atom stereocenters. The fourth-order valence-electron chi connectivity index (χ4n) is 1.85. The quantitative estimate of drug-likeness (QED) is 0.744. The summed E-state index contributed by atoms with van der Waals surface area (Å²) in [6.45, 7) is 2.66. The first kappa shape index (κ1) is 13.7. The number of carboxylic acid groups (broad SMARTS) is 1. The Bertz CT molecular complexity index is 183. The van der Waals surface area contributed by atoms with Crippen molar-refractivity contribution in [1.29, 1.82) is 0 Å². The largest absolute Gasteiger partial charge is 0.481 e. The normalized spacial score (nSPS) is 25.1. The van der Waals surface area contributed by atoms with E-state index in [9.17, 15) is 4.79 Å². The summed E-state index contributed by atoms with van der Waals surface area (Å²) in [5, 5.41) is 12.1. The maximum atomic E-state index is 10.7. The van der Waals surface area contributed by atoms with Crippen molar-refractivity contribution >= 4 is 18.4 Å². The van der Waals surface area contributed by atoms with E-state index >= 15 is 0 Å². The van der Waals surface area contributed by atoms with Gasteiger partial charge in [0.15, 0.2) is 0 Å². The predicted octanol–water partition coefficient (Wildman–Crippen LogP) is 0.896. The Morgan fingerprint density at radius 1 is 1.64 bits per heavy atom. The summed E-state index contributed by atoms with van der Waals surface area (Å²) in [5.41, 5.74) is 0. The number of nitrogens with one attached hydrogen (secondary N) is 1. The molecule has 1 saturated heterocycles. The smallest absolute Gasteiger partial charge is 0.308 e. The molecule has 0 aromatic heterocycles. The zero-order valence-corrected chi connectivity index (χ0v) is 9.34. The van der Waals surface area contributed by atoms with Crippen LogP contribution in [0.3, 0.4) is 0 Å². The zero-order valence-electron chi connectivity index (χ0n) is 8.53. The summed E-state index contributed by atoms with van der Waals surface area (Å²) in [4.78, 5) is 10.7. The summed E-state index contributed by atoms with van der Waals surface area (Å²) in [6.07, 6.45) is 1.91. The number of halogens is 1. The van der Waals surface area contributed by atoms with Crippen molar-refractivity contribution in [2.24, 2.45) is 5.92 Å². The van der Waals surface area contributed by atoms with Crippen molar-refractivity contribution < 1.29 is 14.6 Å². The van der Waals surface area contributed by atoms with E-state index in [1.54, 1.807) is 14.0 Å². The lowest BCUT2D eigenvalue weighted by molar-refractivity contribution is -0.146. The van der Waals surface area contributed by atoms with E-state index in [0.29, 0.717) is 0 Å². The van der Waals surface area contributed by atoms with Crippen LogP contribution in [0.5, 0.6) is 0 Å². The van der Waals surface area contributed by atoms with Crippen LogP contribution in [0.1, 0.15) is 19.8 Å². The van der Waals surface area contributed by atoms with E-state index in [-0.39, 0.29) is 24.6 Å². The number of hydrogen-bond donors (Lipinski definition) is 2.